The number of carbonyl (C=O) groups is 3. The number of aliphatic carboxylic acids is 1. The third-order valence-corrected chi connectivity index (χ3v) is 2.87. The van der Waals surface area contributed by atoms with Crippen molar-refractivity contribution in [3.63, 3.8) is 0 Å². The van der Waals surface area contributed by atoms with Gasteiger partial charge < -0.3 is 19.3 Å². The van der Waals surface area contributed by atoms with Crippen LogP contribution in [0.25, 0.3) is 0 Å². The molecule has 0 aliphatic carbocycles. The van der Waals surface area contributed by atoms with Crippen molar-refractivity contribution in [3.05, 3.63) is 36.0 Å². The number of ether oxygens (including phenoxy) is 3. The molecule has 0 aromatic heterocycles. The van der Waals surface area contributed by atoms with Gasteiger partial charge in [-0.05, 0) is 26.3 Å². The first-order valence-corrected chi connectivity index (χ1v) is 7.90. The van der Waals surface area contributed by atoms with Crippen LogP contribution in [0.3, 0.4) is 0 Å². The molecule has 0 aromatic rings. The first kappa shape index (κ1) is 22.6. The number of epoxide rings is 1. The highest BCUT2D eigenvalue weighted by molar-refractivity contribution is 5.94. The lowest BCUT2D eigenvalue weighted by Crippen LogP contribution is -2.09. The van der Waals surface area contributed by atoms with E-state index in [4.69, 9.17) is 19.3 Å². The molecule has 0 aromatic carbocycles. The minimum Gasteiger partial charge on any atom is -0.478 e. The van der Waals surface area contributed by atoms with Crippen LogP contribution in [0.2, 0.25) is 0 Å². The van der Waals surface area contributed by atoms with Crippen LogP contribution in [0.4, 0.5) is 0 Å². The smallest absolute Gasteiger partial charge is 0.337 e. The van der Waals surface area contributed by atoms with E-state index in [1.807, 2.05) is 6.92 Å². The van der Waals surface area contributed by atoms with Crippen molar-refractivity contribution in [2.75, 3.05) is 19.8 Å². The van der Waals surface area contributed by atoms with E-state index < -0.39 is 11.9 Å². The molecule has 7 nitrogen and oxygen atoms in total. The first-order valence-electron chi connectivity index (χ1n) is 7.90. The second kappa shape index (κ2) is 12.0. The monoisotopic (exact) mass is 354 g/mol. The van der Waals surface area contributed by atoms with Crippen LogP contribution in [0, 0.1) is 0 Å². The van der Waals surface area contributed by atoms with Gasteiger partial charge in [-0.1, -0.05) is 26.5 Å². The Morgan fingerprint density at radius 2 is 1.80 bits per heavy atom. The number of hydrogen-bond donors (Lipinski definition) is 1. The maximum absolute atomic E-state index is 11.2. The van der Waals surface area contributed by atoms with Gasteiger partial charge in [0.15, 0.2) is 0 Å². The van der Waals surface area contributed by atoms with E-state index in [0.29, 0.717) is 25.4 Å². The Morgan fingerprint density at radius 3 is 2.24 bits per heavy atom. The molecule has 1 aliphatic heterocycles. The molecule has 1 N–H and O–H groups in total. The summed E-state index contributed by atoms with van der Waals surface area (Å²) < 4.78 is 14.4. The second-order valence-corrected chi connectivity index (χ2v) is 5.48. The van der Waals surface area contributed by atoms with Crippen LogP contribution in [0.15, 0.2) is 36.0 Å². The maximum atomic E-state index is 11.2. The molecular weight excluding hydrogens is 328 g/mol. The quantitative estimate of drug-likeness (QED) is 0.223. The molecule has 25 heavy (non-hydrogen) atoms. The van der Waals surface area contributed by atoms with Crippen LogP contribution in [0.1, 0.15) is 33.6 Å². The summed E-state index contributed by atoms with van der Waals surface area (Å²) in [5.74, 6) is -1.97. The molecule has 0 spiro atoms. The average molecular weight is 354 g/mol. The van der Waals surface area contributed by atoms with Crippen LogP contribution < -0.4 is 0 Å². The van der Waals surface area contributed by atoms with E-state index in [0.717, 1.165) is 12.8 Å². The van der Waals surface area contributed by atoms with E-state index in [1.54, 1.807) is 6.92 Å². The molecule has 1 fully saturated rings. The Balaban J connectivity index is 0.000000496. The number of carboxylic acids is 1. The summed E-state index contributed by atoms with van der Waals surface area (Å²) >= 11 is 0. The Kier molecular flexibility index (Phi) is 10.9. The number of carbonyl (C=O) groups excluding carboxylic acids is 2. The molecule has 1 aliphatic rings. The minimum absolute atomic E-state index is 0.0611. The molecule has 0 saturated carbocycles. The molecule has 140 valence electrons. The van der Waals surface area contributed by atoms with E-state index in [9.17, 15) is 14.4 Å². The number of esters is 2. The Bertz CT molecular complexity index is 542. The number of hydrogen-bond acceptors (Lipinski definition) is 6. The van der Waals surface area contributed by atoms with Gasteiger partial charge in [0.05, 0.1) is 18.8 Å². The van der Waals surface area contributed by atoms with E-state index in [2.05, 4.69) is 13.2 Å². The predicted molar refractivity (Wildman–Crippen MR) is 91.9 cm³/mol. The first-order chi connectivity index (χ1) is 11.7. The van der Waals surface area contributed by atoms with E-state index in [-0.39, 0.29) is 23.2 Å². The summed E-state index contributed by atoms with van der Waals surface area (Å²) in [7, 11) is 0. The third kappa shape index (κ3) is 11.7. The molecule has 7 heteroatoms. The zero-order valence-corrected chi connectivity index (χ0v) is 15.0. The zero-order chi connectivity index (χ0) is 19.4. The van der Waals surface area contributed by atoms with Gasteiger partial charge in [0.1, 0.15) is 12.7 Å². The fourth-order valence-electron chi connectivity index (χ4n) is 1.24. The molecule has 1 unspecified atom stereocenters. The highest BCUT2D eigenvalue weighted by Crippen LogP contribution is 2.09. The lowest BCUT2D eigenvalue weighted by molar-refractivity contribution is -0.140. The molecule has 0 amide bonds. The van der Waals surface area contributed by atoms with Crippen molar-refractivity contribution in [2.45, 2.75) is 39.7 Å². The fraction of sp³-hybridized carbons (Fsp3) is 0.500. The SMILES string of the molecule is C=C(C)C(=O)OCC1CO1.C=C(C=C(C)C(=O)O)C(=O)OCCCC. The van der Waals surface area contributed by atoms with Gasteiger partial charge >= 0.3 is 17.9 Å². The summed E-state index contributed by atoms with van der Waals surface area (Å²) in [5.41, 5.74) is 0.555. The van der Waals surface area contributed by atoms with Gasteiger partial charge in [-0.2, -0.15) is 0 Å². The summed E-state index contributed by atoms with van der Waals surface area (Å²) in [6.07, 6.45) is 3.07. The second-order valence-electron chi connectivity index (χ2n) is 5.48. The molecule has 0 bridgehead atoms. The summed E-state index contributed by atoms with van der Waals surface area (Å²) in [6.45, 7) is 13.3. The van der Waals surface area contributed by atoms with Crippen molar-refractivity contribution in [1.82, 2.24) is 0 Å². The fourth-order valence-corrected chi connectivity index (χ4v) is 1.24. The van der Waals surface area contributed by atoms with Gasteiger partial charge in [0.2, 0.25) is 0 Å². The highest BCUT2D eigenvalue weighted by Gasteiger charge is 2.24. The van der Waals surface area contributed by atoms with Crippen molar-refractivity contribution >= 4 is 17.9 Å². The zero-order valence-electron chi connectivity index (χ0n) is 15.0. The molecule has 1 rings (SSSR count). The Labute approximate surface area is 147 Å². The summed E-state index contributed by atoms with van der Waals surface area (Å²) in [4.78, 5) is 32.4. The average Bonchev–Trinajstić information content (AvgIpc) is 3.37. The molecular formula is C18H26O7. The van der Waals surface area contributed by atoms with Crippen LogP contribution in [-0.2, 0) is 28.6 Å². The van der Waals surface area contributed by atoms with Crippen molar-refractivity contribution < 1.29 is 33.7 Å². The predicted octanol–water partition coefficient (Wildman–Crippen LogP) is 2.42. The van der Waals surface area contributed by atoms with Crippen LogP contribution in [0.5, 0.6) is 0 Å². The number of carboxylic acid groups (broad SMARTS) is 1. The molecule has 0 radical (unpaired) electrons. The minimum atomic E-state index is -1.07. The van der Waals surface area contributed by atoms with Gasteiger partial charge in [-0.15, -0.1) is 0 Å². The van der Waals surface area contributed by atoms with Gasteiger partial charge in [-0.3, -0.25) is 0 Å². The maximum Gasteiger partial charge on any atom is 0.337 e. The van der Waals surface area contributed by atoms with E-state index >= 15 is 0 Å². The Hall–Kier alpha value is -2.41. The summed E-state index contributed by atoms with van der Waals surface area (Å²) in [6, 6.07) is 0. The number of rotatable bonds is 9. The Morgan fingerprint density at radius 1 is 1.20 bits per heavy atom. The van der Waals surface area contributed by atoms with Gasteiger partial charge in [0, 0.05) is 11.1 Å². The van der Waals surface area contributed by atoms with Gasteiger partial charge in [-0.25, -0.2) is 14.4 Å². The third-order valence-electron chi connectivity index (χ3n) is 2.87. The largest absolute Gasteiger partial charge is 0.478 e. The number of unbranched alkanes of at least 4 members (excludes halogenated alkanes) is 1. The van der Waals surface area contributed by atoms with Crippen LogP contribution in [-0.4, -0.2) is 48.9 Å². The van der Waals surface area contributed by atoms with Crippen molar-refractivity contribution in [2.24, 2.45) is 0 Å². The standard InChI is InChI=1S/C11H16O4.C7H10O3/c1-4-5-6-15-11(14)9(3)7-8(2)10(12)13;1-5(2)7(8)10-4-6-3-9-6/h7H,3-6H2,1-2H3,(H,12,13);6H,1,3-4H2,2H3. The van der Waals surface area contributed by atoms with Gasteiger partial charge in [0.25, 0.3) is 0 Å². The van der Waals surface area contributed by atoms with Crippen molar-refractivity contribution in [3.8, 4) is 0 Å². The normalized spacial score (nSPS) is 15.3. The van der Waals surface area contributed by atoms with Crippen molar-refractivity contribution in [1.29, 1.82) is 0 Å². The van der Waals surface area contributed by atoms with Crippen LogP contribution >= 0.6 is 0 Å². The lowest BCUT2D eigenvalue weighted by Gasteiger charge is -2.03. The van der Waals surface area contributed by atoms with E-state index in [1.165, 1.54) is 13.0 Å². The molecule has 1 atom stereocenters. The molecule has 1 heterocycles. The summed E-state index contributed by atoms with van der Waals surface area (Å²) in [5, 5.41) is 8.57. The highest BCUT2D eigenvalue weighted by atomic mass is 16.6. The molecule has 1 saturated heterocycles. The topological polar surface area (TPSA) is 102 Å². The lowest BCUT2D eigenvalue weighted by atomic mass is 10.2.